The molecule has 4 rings (SSSR count). The quantitative estimate of drug-likeness (QED) is 0.446. The van der Waals surface area contributed by atoms with Crippen molar-refractivity contribution in [3.63, 3.8) is 0 Å². The maximum atomic E-state index is 14.5. The summed E-state index contributed by atoms with van der Waals surface area (Å²) in [5.74, 6) is -1.24. The van der Waals surface area contributed by atoms with Crippen molar-refractivity contribution in [2.75, 3.05) is 62.9 Å². The number of nitriles is 1. The van der Waals surface area contributed by atoms with Crippen LogP contribution in [0.25, 0.3) is 0 Å². The summed E-state index contributed by atoms with van der Waals surface area (Å²) in [6.07, 6.45) is 0.802. The number of carbonyl (C=O) groups excluding carboxylic acids is 1. The number of hydrogen-bond donors (Lipinski definition) is 3. The first-order valence-corrected chi connectivity index (χ1v) is 12.5. The Morgan fingerprint density at radius 2 is 2.08 bits per heavy atom. The van der Waals surface area contributed by atoms with E-state index in [0.29, 0.717) is 0 Å². The van der Waals surface area contributed by atoms with Gasteiger partial charge in [-0.25, -0.2) is 9.18 Å². The summed E-state index contributed by atoms with van der Waals surface area (Å²) in [5, 5.41) is 21.3. The molecule has 2 aromatic rings. The summed E-state index contributed by atoms with van der Waals surface area (Å²) in [4.78, 5) is 38.8. The van der Waals surface area contributed by atoms with Crippen molar-refractivity contribution in [2.24, 2.45) is 0 Å². The van der Waals surface area contributed by atoms with E-state index in [9.17, 15) is 24.3 Å². The van der Waals surface area contributed by atoms with Crippen LogP contribution in [-0.2, 0) is 0 Å². The van der Waals surface area contributed by atoms with Crippen LogP contribution in [0.3, 0.4) is 0 Å². The highest BCUT2D eigenvalue weighted by Gasteiger charge is 2.33. The molecule has 0 saturated carbocycles. The lowest BCUT2D eigenvalue weighted by molar-refractivity contribution is 0.102. The minimum Gasteiger partial charge on any atom is -0.494 e. The van der Waals surface area contributed by atoms with Crippen LogP contribution in [0.15, 0.2) is 18.2 Å². The Balaban J connectivity index is 1.68. The molecule has 4 N–H and O–H groups in total. The largest absolute Gasteiger partial charge is 0.494 e. The van der Waals surface area contributed by atoms with E-state index in [4.69, 9.17) is 15.2 Å². The summed E-state index contributed by atoms with van der Waals surface area (Å²) in [7, 11) is 3.34. The lowest BCUT2D eigenvalue weighted by Crippen LogP contribution is -2.55. The van der Waals surface area contributed by atoms with Gasteiger partial charge in [0.05, 0.1) is 25.6 Å². The minimum absolute atomic E-state index is 0.0361. The van der Waals surface area contributed by atoms with Crippen LogP contribution in [-0.4, -0.2) is 95.9 Å². The Morgan fingerprint density at radius 3 is 2.74 bits per heavy atom. The molecule has 2 saturated heterocycles. The Morgan fingerprint density at radius 1 is 1.28 bits per heavy atom. The van der Waals surface area contributed by atoms with Gasteiger partial charge < -0.3 is 40.3 Å². The Hall–Kier alpha value is -4.38. The van der Waals surface area contributed by atoms with Crippen LogP contribution in [0.2, 0.25) is 0 Å². The molecule has 1 aromatic carbocycles. The number of nitrogens with zero attached hydrogens (tertiary/aromatic N) is 6. The Bertz CT molecular complexity index is 1270. The molecule has 2 amide bonds. The fourth-order valence-electron chi connectivity index (χ4n) is 4.82. The second kappa shape index (κ2) is 12.0. The zero-order chi connectivity index (χ0) is 28.1. The minimum atomic E-state index is -1.13. The molecule has 3 heterocycles. The van der Waals surface area contributed by atoms with E-state index in [1.54, 1.807) is 4.90 Å². The van der Waals surface area contributed by atoms with Crippen LogP contribution in [0.1, 0.15) is 29.8 Å². The van der Waals surface area contributed by atoms with Crippen molar-refractivity contribution in [3.05, 3.63) is 29.7 Å². The average molecular weight is 543 g/mol. The number of aromatic nitrogens is 2. The third-order valence-electron chi connectivity index (χ3n) is 6.99. The van der Waals surface area contributed by atoms with Gasteiger partial charge in [0.2, 0.25) is 0 Å². The van der Waals surface area contributed by atoms with Crippen LogP contribution in [0.4, 0.5) is 26.4 Å². The summed E-state index contributed by atoms with van der Waals surface area (Å²) in [6, 6.07) is 5.55. The predicted octanol–water partition coefficient (Wildman–Crippen LogP) is 2.01. The van der Waals surface area contributed by atoms with Crippen LogP contribution in [0, 0.1) is 17.1 Å². The number of ether oxygens (including phenoxy) is 2. The molecule has 13 nitrogen and oxygen atoms in total. The molecule has 14 heteroatoms. The number of likely N-dealkylation sites (tertiary alicyclic amines) is 1. The number of carbonyl (C=O) groups is 2. The summed E-state index contributed by atoms with van der Waals surface area (Å²) in [5.41, 5.74) is 5.88. The first-order valence-electron chi connectivity index (χ1n) is 12.5. The second-order valence-electron chi connectivity index (χ2n) is 9.39. The van der Waals surface area contributed by atoms with Gasteiger partial charge in [0, 0.05) is 25.7 Å². The monoisotopic (exact) mass is 542 g/mol. The van der Waals surface area contributed by atoms with Gasteiger partial charge in [-0.3, -0.25) is 4.79 Å². The lowest BCUT2D eigenvalue weighted by Gasteiger charge is -2.40. The molecule has 0 spiro atoms. The number of nitrogen functional groups attached to an aromatic ring is 1. The highest BCUT2D eigenvalue weighted by Crippen LogP contribution is 2.32. The zero-order valence-corrected chi connectivity index (χ0v) is 21.8. The van der Waals surface area contributed by atoms with E-state index in [1.807, 2.05) is 13.1 Å². The number of methoxy groups -OCH3 is 1. The molecule has 0 aliphatic carbocycles. The Kier molecular flexibility index (Phi) is 8.50. The first-order chi connectivity index (χ1) is 18.7. The van der Waals surface area contributed by atoms with Crippen molar-refractivity contribution in [1.29, 1.82) is 5.26 Å². The molecule has 0 bridgehead atoms. The Labute approximate surface area is 224 Å². The third kappa shape index (κ3) is 6.04. The number of benzene rings is 1. The van der Waals surface area contributed by atoms with Gasteiger partial charge in [0.25, 0.3) is 5.91 Å². The second-order valence-corrected chi connectivity index (χ2v) is 9.39. The third-order valence-corrected chi connectivity index (χ3v) is 6.99. The van der Waals surface area contributed by atoms with Crippen molar-refractivity contribution in [2.45, 2.75) is 31.3 Å². The molecule has 0 radical (unpaired) electrons. The van der Waals surface area contributed by atoms with Crippen molar-refractivity contribution in [1.82, 2.24) is 19.8 Å². The molecule has 2 aliphatic rings. The smallest absolute Gasteiger partial charge is 0.407 e. The molecular weight excluding hydrogens is 511 g/mol. The number of nitrogens with two attached hydrogens (primary N) is 1. The number of nitrogens with one attached hydrogen (secondary N) is 1. The normalized spacial score (nSPS) is 19.4. The number of amides is 2. The predicted molar refractivity (Wildman–Crippen MR) is 139 cm³/mol. The van der Waals surface area contributed by atoms with E-state index >= 15 is 0 Å². The summed E-state index contributed by atoms with van der Waals surface area (Å²) in [6.45, 7) is 1.65. The van der Waals surface area contributed by atoms with E-state index in [2.05, 4.69) is 20.2 Å². The SMILES string of the molecule is COc1cccc(F)c1NC(=O)c1nc(OCC2CCCN2C)nc(N2CCN(C(=O)O)C(CC#N)C2)c1N. The van der Waals surface area contributed by atoms with E-state index in [0.717, 1.165) is 19.4 Å². The highest BCUT2D eigenvalue weighted by atomic mass is 19.1. The number of para-hydroxylation sites is 1. The average Bonchev–Trinajstić information content (AvgIpc) is 3.33. The zero-order valence-electron chi connectivity index (χ0n) is 21.8. The molecule has 1 aromatic heterocycles. The molecule has 208 valence electrons. The van der Waals surface area contributed by atoms with Gasteiger partial charge in [-0.05, 0) is 38.6 Å². The van der Waals surface area contributed by atoms with Crippen LogP contribution < -0.4 is 25.4 Å². The van der Waals surface area contributed by atoms with Crippen molar-refractivity contribution >= 4 is 29.2 Å². The van der Waals surface area contributed by atoms with Crippen LogP contribution in [0.5, 0.6) is 11.8 Å². The van der Waals surface area contributed by atoms with Gasteiger partial charge in [-0.15, -0.1) is 0 Å². The van der Waals surface area contributed by atoms with Gasteiger partial charge in [-0.2, -0.15) is 15.2 Å². The first kappa shape index (κ1) is 27.6. The molecule has 2 aliphatic heterocycles. The number of piperazine rings is 1. The number of hydrogen-bond acceptors (Lipinski definition) is 10. The van der Waals surface area contributed by atoms with Gasteiger partial charge in [-0.1, -0.05) is 6.07 Å². The number of rotatable bonds is 8. The van der Waals surface area contributed by atoms with Gasteiger partial charge in [0.15, 0.2) is 17.3 Å². The molecule has 2 unspecified atom stereocenters. The van der Waals surface area contributed by atoms with Crippen molar-refractivity contribution < 1.29 is 28.6 Å². The van der Waals surface area contributed by atoms with Gasteiger partial charge in [0.1, 0.15) is 23.7 Å². The van der Waals surface area contributed by atoms with Crippen LogP contribution >= 0.6 is 0 Å². The summed E-state index contributed by atoms with van der Waals surface area (Å²) < 4.78 is 25.6. The van der Waals surface area contributed by atoms with E-state index in [1.165, 1.54) is 30.2 Å². The summed E-state index contributed by atoms with van der Waals surface area (Å²) >= 11 is 0. The van der Waals surface area contributed by atoms with E-state index in [-0.39, 0.29) is 73.4 Å². The molecular formula is C25H31FN8O5. The fourth-order valence-corrected chi connectivity index (χ4v) is 4.82. The van der Waals surface area contributed by atoms with Gasteiger partial charge >= 0.3 is 12.1 Å². The van der Waals surface area contributed by atoms with Crippen molar-refractivity contribution in [3.8, 4) is 17.8 Å². The fraction of sp³-hybridized carbons (Fsp3) is 0.480. The topological polar surface area (TPSA) is 170 Å². The molecule has 39 heavy (non-hydrogen) atoms. The highest BCUT2D eigenvalue weighted by molar-refractivity contribution is 6.08. The maximum Gasteiger partial charge on any atom is 0.407 e. The van der Waals surface area contributed by atoms with E-state index < -0.39 is 23.9 Å². The standard InChI is InChI=1S/C25H31FN8O5/c1-32-10-4-5-16(32)14-39-24-30-21(23(35)29-20-17(26)6-3-7-18(20)38-2)19(28)22(31-24)33-11-12-34(25(36)37)15(13-33)8-9-27/h3,6-7,15-16H,4-5,8,10-14,28H2,1-2H3,(H,29,35)(H,36,37). The number of anilines is 3. The number of halogens is 1. The number of likely N-dealkylation sites (N-methyl/N-ethyl adjacent to an activating group) is 1. The maximum absolute atomic E-state index is 14.5. The number of carboxylic acid groups (broad SMARTS) is 1. The lowest BCUT2D eigenvalue weighted by atomic mass is 10.1. The molecule has 2 fully saturated rings. The molecule has 2 atom stereocenters.